The van der Waals surface area contributed by atoms with Gasteiger partial charge in [0.15, 0.2) is 22.9 Å². The Hall–Kier alpha value is -4.28. The first kappa shape index (κ1) is 17.8. The minimum Gasteiger partial charge on any atom is -0.440 e. The van der Waals surface area contributed by atoms with Crippen molar-refractivity contribution < 1.29 is 8.83 Å². The molecular formula is C26H16N2O2. The van der Waals surface area contributed by atoms with Crippen LogP contribution < -0.4 is 0 Å². The lowest BCUT2D eigenvalue weighted by Gasteiger charge is -1.98. The van der Waals surface area contributed by atoms with Crippen molar-refractivity contribution in [2.24, 2.45) is 0 Å². The molecule has 2 heterocycles. The molecule has 0 radical (unpaired) electrons. The van der Waals surface area contributed by atoms with Crippen molar-refractivity contribution in [3.8, 4) is 23.7 Å². The van der Waals surface area contributed by atoms with Gasteiger partial charge in [-0.05, 0) is 24.3 Å². The van der Waals surface area contributed by atoms with Crippen LogP contribution in [0.5, 0.6) is 0 Å². The molecule has 2 aromatic heterocycles. The van der Waals surface area contributed by atoms with Gasteiger partial charge in [0, 0.05) is 25.0 Å². The van der Waals surface area contributed by atoms with Gasteiger partial charge in [0.05, 0.1) is 11.1 Å². The number of aromatic nitrogens is 2. The van der Waals surface area contributed by atoms with E-state index in [1.165, 1.54) is 0 Å². The first-order valence-electron chi connectivity index (χ1n) is 9.53. The summed E-state index contributed by atoms with van der Waals surface area (Å²) in [5.41, 5.74) is 5.56. The fourth-order valence-electron chi connectivity index (χ4n) is 3.29. The van der Waals surface area contributed by atoms with Crippen molar-refractivity contribution in [3.63, 3.8) is 0 Å². The topological polar surface area (TPSA) is 52.1 Å². The number of hydrogen-bond donors (Lipinski definition) is 0. The van der Waals surface area contributed by atoms with Crippen LogP contribution in [0.15, 0.2) is 69.5 Å². The summed E-state index contributed by atoms with van der Waals surface area (Å²) in [5.74, 6) is 13.9. The van der Waals surface area contributed by atoms with Crippen molar-refractivity contribution >= 4 is 22.2 Å². The molecule has 5 aromatic rings. The Labute approximate surface area is 173 Å². The minimum absolute atomic E-state index is 0.542. The van der Waals surface area contributed by atoms with Crippen molar-refractivity contribution in [2.75, 3.05) is 0 Å². The summed E-state index contributed by atoms with van der Waals surface area (Å²) >= 11 is 0. The smallest absolute Gasteiger partial charge is 0.192 e. The zero-order chi connectivity index (χ0) is 20.5. The van der Waals surface area contributed by atoms with Gasteiger partial charge in [-0.3, -0.25) is 0 Å². The number of nitrogens with zero attached hydrogens (tertiary/aromatic N) is 2. The number of benzene rings is 3. The minimum atomic E-state index is 0.542. The number of fused-ring (bicyclic) bond motifs is 2. The molecule has 0 aliphatic heterocycles. The van der Waals surface area contributed by atoms with E-state index in [0.717, 1.165) is 11.1 Å². The van der Waals surface area contributed by atoms with Gasteiger partial charge in [-0.25, -0.2) is 9.97 Å². The zero-order valence-electron chi connectivity index (χ0n) is 16.5. The van der Waals surface area contributed by atoms with Gasteiger partial charge in [0.25, 0.3) is 0 Å². The predicted octanol–water partition coefficient (Wildman–Crippen LogP) is 5.39. The zero-order valence-corrected chi connectivity index (χ0v) is 16.5. The van der Waals surface area contributed by atoms with E-state index >= 15 is 0 Å². The Balaban J connectivity index is 1.79. The molecule has 0 bridgehead atoms. The molecular weight excluding hydrogens is 372 g/mol. The maximum Gasteiger partial charge on any atom is 0.192 e. The Morgan fingerprint density at radius 3 is 1.37 bits per heavy atom. The van der Waals surface area contributed by atoms with Gasteiger partial charge in [-0.1, -0.05) is 60.1 Å². The molecule has 142 valence electrons. The summed E-state index contributed by atoms with van der Waals surface area (Å²) in [6.07, 6.45) is 0. The van der Waals surface area contributed by atoms with Crippen LogP contribution in [0.3, 0.4) is 0 Å². The molecule has 4 nitrogen and oxygen atoms in total. The summed E-state index contributed by atoms with van der Waals surface area (Å²) in [5, 5.41) is 0. The number of rotatable bonds is 0. The Bertz CT molecular complexity index is 1330. The van der Waals surface area contributed by atoms with Crippen molar-refractivity contribution in [1.29, 1.82) is 0 Å². The summed E-state index contributed by atoms with van der Waals surface area (Å²) in [7, 11) is 0. The third kappa shape index (κ3) is 3.21. The van der Waals surface area contributed by atoms with Crippen molar-refractivity contribution in [1.82, 2.24) is 9.97 Å². The second-order valence-corrected chi connectivity index (χ2v) is 6.80. The van der Waals surface area contributed by atoms with Crippen molar-refractivity contribution in [2.45, 2.75) is 13.8 Å². The molecule has 0 N–H and O–H groups in total. The van der Waals surface area contributed by atoms with Crippen LogP contribution in [0, 0.1) is 37.5 Å². The summed E-state index contributed by atoms with van der Waals surface area (Å²) < 4.78 is 11.9. The third-order valence-corrected chi connectivity index (χ3v) is 4.61. The molecule has 3 aromatic carbocycles. The second-order valence-electron chi connectivity index (χ2n) is 6.80. The van der Waals surface area contributed by atoms with Gasteiger partial charge in [-0.15, -0.1) is 0 Å². The highest BCUT2D eigenvalue weighted by Crippen LogP contribution is 2.33. The highest BCUT2D eigenvalue weighted by atomic mass is 16.4. The van der Waals surface area contributed by atoms with E-state index in [-0.39, 0.29) is 0 Å². The van der Waals surface area contributed by atoms with Gasteiger partial charge in [0.2, 0.25) is 0 Å². The molecule has 0 atom stereocenters. The van der Waals surface area contributed by atoms with Crippen LogP contribution in [0.25, 0.3) is 22.2 Å². The Kier molecular flexibility index (Phi) is 4.32. The van der Waals surface area contributed by atoms with Crippen LogP contribution in [0.1, 0.15) is 34.0 Å². The maximum atomic E-state index is 5.93. The Morgan fingerprint density at radius 1 is 0.567 bits per heavy atom. The molecule has 0 fully saturated rings. The number of aryl methyl sites for hydroxylation is 2. The molecule has 30 heavy (non-hydrogen) atoms. The monoisotopic (exact) mass is 388 g/mol. The number of hydrogen-bond acceptors (Lipinski definition) is 4. The van der Waals surface area contributed by atoms with E-state index in [0.29, 0.717) is 45.1 Å². The summed E-state index contributed by atoms with van der Waals surface area (Å²) in [4.78, 5) is 9.15. The summed E-state index contributed by atoms with van der Waals surface area (Å²) in [6.45, 7) is 3.62. The standard InChI is InChI=1S/C26H16N2O2/c1-17-27-23-21(15-13-19-9-5-3-6-10-19)26-24(28-18(2)30-26)22(25(23)29-17)16-14-20-11-7-4-8-12-20/h3-12H,1-2H3. The molecule has 0 spiro atoms. The lowest BCUT2D eigenvalue weighted by atomic mass is 10.1. The van der Waals surface area contributed by atoms with Crippen LogP contribution in [-0.2, 0) is 0 Å². The SMILES string of the molecule is Cc1nc2c(C#Cc3ccccc3)c3oc(C)nc3c(C#Cc3ccccc3)c2o1. The molecule has 0 saturated carbocycles. The molecule has 5 rings (SSSR count). The molecule has 0 unspecified atom stereocenters. The first-order valence-corrected chi connectivity index (χ1v) is 9.53. The first-order chi connectivity index (χ1) is 14.7. The van der Waals surface area contributed by atoms with Crippen molar-refractivity contribution in [3.05, 3.63) is 94.7 Å². The maximum absolute atomic E-state index is 5.93. The van der Waals surface area contributed by atoms with Crippen LogP contribution in [0.4, 0.5) is 0 Å². The van der Waals surface area contributed by atoms with E-state index in [1.54, 1.807) is 0 Å². The molecule has 0 amide bonds. The van der Waals surface area contributed by atoms with Gasteiger partial charge >= 0.3 is 0 Å². The van der Waals surface area contributed by atoms with E-state index in [1.807, 2.05) is 74.5 Å². The van der Waals surface area contributed by atoms with Gasteiger partial charge in [0.1, 0.15) is 11.0 Å². The lowest BCUT2D eigenvalue weighted by molar-refractivity contribution is 0.559. The molecule has 4 heteroatoms. The van der Waals surface area contributed by atoms with Crippen LogP contribution in [-0.4, -0.2) is 9.97 Å². The van der Waals surface area contributed by atoms with E-state index in [9.17, 15) is 0 Å². The predicted molar refractivity (Wildman–Crippen MR) is 116 cm³/mol. The fraction of sp³-hybridized carbons (Fsp3) is 0.0769. The molecule has 0 aliphatic carbocycles. The fourth-order valence-corrected chi connectivity index (χ4v) is 3.29. The van der Waals surface area contributed by atoms with Crippen LogP contribution in [0.2, 0.25) is 0 Å². The van der Waals surface area contributed by atoms with E-state index in [4.69, 9.17) is 8.83 Å². The van der Waals surface area contributed by atoms with E-state index < -0.39 is 0 Å². The van der Waals surface area contributed by atoms with Gasteiger partial charge < -0.3 is 8.83 Å². The molecule has 0 saturated heterocycles. The second kappa shape index (κ2) is 7.28. The highest BCUT2D eigenvalue weighted by molar-refractivity contribution is 6.02. The average molecular weight is 388 g/mol. The average Bonchev–Trinajstić information content (AvgIpc) is 3.34. The van der Waals surface area contributed by atoms with E-state index in [2.05, 4.69) is 33.6 Å². The highest BCUT2D eigenvalue weighted by Gasteiger charge is 2.21. The number of oxazole rings is 2. The summed E-state index contributed by atoms with van der Waals surface area (Å²) in [6, 6.07) is 19.6. The van der Waals surface area contributed by atoms with Crippen LogP contribution >= 0.6 is 0 Å². The lowest BCUT2D eigenvalue weighted by Crippen LogP contribution is -1.88. The van der Waals surface area contributed by atoms with Gasteiger partial charge in [-0.2, -0.15) is 0 Å². The molecule has 0 aliphatic rings. The Morgan fingerprint density at radius 2 is 0.967 bits per heavy atom. The quantitative estimate of drug-likeness (QED) is 0.334. The third-order valence-electron chi connectivity index (χ3n) is 4.61. The largest absolute Gasteiger partial charge is 0.440 e. The normalized spacial score (nSPS) is 10.5.